The number of aromatic nitrogens is 3. The van der Waals surface area contributed by atoms with Crippen molar-refractivity contribution in [1.29, 1.82) is 0 Å². The first-order chi connectivity index (χ1) is 11.1. The van der Waals surface area contributed by atoms with Gasteiger partial charge in [0.2, 0.25) is 5.89 Å². The van der Waals surface area contributed by atoms with Crippen LogP contribution in [-0.2, 0) is 6.42 Å². The molecule has 0 bridgehead atoms. The van der Waals surface area contributed by atoms with Crippen LogP contribution in [0, 0.1) is 6.92 Å². The smallest absolute Gasteiger partial charge is 0.277 e. The summed E-state index contributed by atoms with van der Waals surface area (Å²) < 4.78 is 5.53. The van der Waals surface area contributed by atoms with Gasteiger partial charge in [0.1, 0.15) is 0 Å². The zero-order valence-electron chi connectivity index (χ0n) is 12.2. The van der Waals surface area contributed by atoms with Gasteiger partial charge in [-0.05, 0) is 31.2 Å². The van der Waals surface area contributed by atoms with Crippen LogP contribution in [0.3, 0.4) is 0 Å². The van der Waals surface area contributed by atoms with Crippen LogP contribution < -0.4 is 0 Å². The number of nitrogens with zero attached hydrogens (tertiary/aromatic N) is 3. The Balaban J connectivity index is 1.56. The second-order valence-electron chi connectivity index (χ2n) is 4.72. The number of aryl methyl sites for hydroxylation is 1. The van der Waals surface area contributed by atoms with E-state index in [2.05, 4.69) is 15.2 Å². The number of rotatable bonds is 6. The Labute approximate surface area is 146 Å². The maximum atomic E-state index is 12.1. The van der Waals surface area contributed by atoms with E-state index in [1.165, 1.54) is 11.8 Å². The molecule has 0 N–H and O–H groups in total. The molecular formula is C15H12ClN3O2S2. The molecule has 8 heteroatoms. The van der Waals surface area contributed by atoms with Crippen LogP contribution in [0.2, 0.25) is 5.02 Å². The molecule has 0 atom stereocenters. The van der Waals surface area contributed by atoms with Gasteiger partial charge >= 0.3 is 0 Å². The lowest BCUT2D eigenvalue weighted by molar-refractivity contribution is 0.102. The van der Waals surface area contributed by atoms with Gasteiger partial charge in [-0.25, -0.2) is 4.98 Å². The van der Waals surface area contributed by atoms with Gasteiger partial charge in [-0.2, -0.15) is 0 Å². The van der Waals surface area contributed by atoms with Gasteiger partial charge in [-0.3, -0.25) is 4.79 Å². The molecule has 0 saturated heterocycles. The summed E-state index contributed by atoms with van der Waals surface area (Å²) in [4.78, 5) is 16.4. The second kappa shape index (κ2) is 7.25. The predicted octanol–water partition coefficient (Wildman–Crippen LogP) is 4.05. The van der Waals surface area contributed by atoms with Crippen molar-refractivity contribution in [3.8, 4) is 0 Å². The number of Topliss-reactive ketones (excluding diaryl/α,β-unsaturated/α-hetero) is 1. The third-order valence-corrected chi connectivity index (χ3v) is 4.83. The molecule has 23 heavy (non-hydrogen) atoms. The van der Waals surface area contributed by atoms with Gasteiger partial charge in [0.15, 0.2) is 5.78 Å². The molecule has 2 aromatic heterocycles. The summed E-state index contributed by atoms with van der Waals surface area (Å²) in [6, 6.07) is 6.80. The minimum atomic E-state index is -0.0125. The molecule has 0 aliphatic rings. The summed E-state index contributed by atoms with van der Waals surface area (Å²) in [5.41, 5.74) is 1.52. The second-order valence-corrected chi connectivity index (χ2v) is 7.14. The summed E-state index contributed by atoms with van der Waals surface area (Å²) in [5.74, 6) is 0.720. The van der Waals surface area contributed by atoms with E-state index in [0.717, 1.165) is 10.7 Å². The minimum absolute atomic E-state index is 0.0125. The largest absolute Gasteiger partial charge is 0.416 e. The molecule has 0 saturated carbocycles. The van der Waals surface area contributed by atoms with Crippen LogP contribution in [0.5, 0.6) is 0 Å². The molecule has 0 radical (unpaired) electrons. The Hall–Kier alpha value is -1.70. The highest BCUT2D eigenvalue weighted by molar-refractivity contribution is 7.99. The Morgan fingerprint density at radius 3 is 2.78 bits per heavy atom. The van der Waals surface area contributed by atoms with Crippen LogP contribution >= 0.6 is 34.7 Å². The van der Waals surface area contributed by atoms with Crippen LogP contribution in [0.25, 0.3) is 0 Å². The van der Waals surface area contributed by atoms with Crippen molar-refractivity contribution in [3.63, 3.8) is 0 Å². The van der Waals surface area contributed by atoms with Crippen LogP contribution in [0.1, 0.15) is 27.0 Å². The standard InChI is InChI=1S/C15H12ClN3O2S2/c1-9-17-12(7-22-9)6-14-18-19-15(21-14)23-8-13(20)10-2-4-11(16)5-3-10/h2-5,7H,6,8H2,1H3. The minimum Gasteiger partial charge on any atom is -0.416 e. The Morgan fingerprint density at radius 1 is 1.30 bits per heavy atom. The van der Waals surface area contributed by atoms with Gasteiger partial charge in [0.25, 0.3) is 5.22 Å². The fraction of sp³-hybridized carbons (Fsp3) is 0.200. The average Bonchev–Trinajstić information content (AvgIpc) is 3.15. The topological polar surface area (TPSA) is 68.9 Å². The van der Waals surface area contributed by atoms with E-state index in [1.54, 1.807) is 35.6 Å². The maximum Gasteiger partial charge on any atom is 0.277 e. The Morgan fingerprint density at radius 2 is 2.09 bits per heavy atom. The highest BCUT2D eigenvalue weighted by atomic mass is 35.5. The van der Waals surface area contributed by atoms with Crippen molar-refractivity contribution in [2.45, 2.75) is 18.6 Å². The number of ketones is 1. The molecule has 2 heterocycles. The Bertz CT molecular complexity index is 814. The molecule has 0 amide bonds. The molecule has 118 valence electrons. The molecule has 1 aromatic carbocycles. The monoisotopic (exact) mass is 365 g/mol. The summed E-state index contributed by atoms with van der Waals surface area (Å²) in [6.07, 6.45) is 0.503. The number of halogens is 1. The van der Waals surface area contributed by atoms with Gasteiger partial charge in [0, 0.05) is 16.0 Å². The first kappa shape index (κ1) is 16.2. The van der Waals surface area contributed by atoms with E-state index < -0.39 is 0 Å². The van der Waals surface area contributed by atoms with E-state index in [9.17, 15) is 4.79 Å². The fourth-order valence-corrected chi connectivity index (χ4v) is 3.27. The number of carbonyl (C=O) groups excluding carboxylic acids is 1. The third-order valence-electron chi connectivity index (χ3n) is 2.94. The van der Waals surface area contributed by atoms with Gasteiger partial charge in [0.05, 0.1) is 22.9 Å². The number of carbonyl (C=O) groups is 1. The Kier molecular flexibility index (Phi) is 5.09. The maximum absolute atomic E-state index is 12.1. The summed E-state index contributed by atoms with van der Waals surface area (Å²) >= 11 is 8.61. The molecule has 3 aromatic rings. The van der Waals surface area contributed by atoms with Crippen LogP contribution in [0.4, 0.5) is 0 Å². The summed E-state index contributed by atoms with van der Waals surface area (Å²) in [5, 5.41) is 11.9. The molecule has 0 fully saturated rings. The number of benzene rings is 1. The lowest BCUT2D eigenvalue weighted by atomic mass is 10.1. The quantitative estimate of drug-likeness (QED) is 0.484. The van der Waals surface area contributed by atoms with Crippen molar-refractivity contribution in [3.05, 3.63) is 56.8 Å². The van der Waals surface area contributed by atoms with E-state index in [4.69, 9.17) is 16.0 Å². The summed E-state index contributed by atoms with van der Waals surface area (Å²) in [7, 11) is 0. The third kappa shape index (κ3) is 4.40. The van der Waals surface area contributed by atoms with E-state index >= 15 is 0 Å². The van der Waals surface area contributed by atoms with E-state index in [0.29, 0.717) is 28.1 Å². The zero-order chi connectivity index (χ0) is 16.2. The van der Waals surface area contributed by atoms with Crippen molar-refractivity contribution in [2.75, 3.05) is 5.75 Å². The summed E-state index contributed by atoms with van der Waals surface area (Å²) in [6.45, 7) is 1.95. The molecule has 0 unspecified atom stereocenters. The van der Waals surface area contributed by atoms with Crippen molar-refractivity contribution in [1.82, 2.24) is 15.2 Å². The molecule has 0 aliphatic carbocycles. The molecule has 5 nitrogen and oxygen atoms in total. The van der Waals surface area contributed by atoms with Gasteiger partial charge < -0.3 is 4.42 Å². The normalized spacial score (nSPS) is 10.9. The number of hydrogen-bond donors (Lipinski definition) is 0. The van der Waals surface area contributed by atoms with E-state index in [1.807, 2.05) is 12.3 Å². The highest BCUT2D eigenvalue weighted by Crippen LogP contribution is 2.20. The average molecular weight is 366 g/mol. The number of hydrogen-bond acceptors (Lipinski definition) is 7. The van der Waals surface area contributed by atoms with Crippen molar-refractivity contribution < 1.29 is 9.21 Å². The molecule has 0 aliphatic heterocycles. The van der Waals surface area contributed by atoms with Gasteiger partial charge in [-0.1, -0.05) is 23.4 Å². The lowest BCUT2D eigenvalue weighted by Crippen LogP contribution is -2.01. The predicted molar refractivity (Wildman–Crippen MR) is 90.5 cm³/mol. The number of thioether (sulfide) groups is 1. The van der Waals surface area contributed by atoms with E-state index in [-0.39, 0.29) is 11.5 Å². The zero-order valence-corrected chi connectivity index (χ0v) is 14.5. The molecule has 3 rings (SSSR count). The van der Waals surface area contributed by atoms with Crippen molar-refractivity contribution in [2.24, 2.45) is 0 Å². The molecular weight excluding hydrogens is 354 g/mol. The first-order valence-corrected chi connectivity index (χ1v) is 8.99. The SMILES string of the molecule is Cc1nc(Cc2nnc(SCC(=O)c3ccc(Cl)cc3)o2)cs1. The number of thiazole rings is 1. The van der Waals surface area contributed by atoms with Crippen LogP contribution in [0.15, 0.2) is 39.3 Å². The van der Waals surface area contributed by atoms with Crippen molar-refractivity contribution >= 4 is 40.5 Å². The highest BCUT2D eigenvalue weighted by Gasteiger charge is 2.12. The lowest BCUT2D eigenvalue weighted by Gasteiger charge is -1.98. The van der Waals surface area contributed by atoms with Crippen LogP contribution in [-0.4, -0.2) is 26.7 Å². The molecule has 0 spiro atoms. The first-order valence-electron chi connectivity index (χ1n) is 6.75. The van der Waals surface area contributed by atoms with Gasteiger partial charge in [-0.15, -0.1) is 21.5 Å². The fourth-order valence-electron chi connectivity index (χ4n) is 1.86.